The Morgan fingerprint density at radius 2 is 2.12 bits per heavy atom. The molecule has 0 aliphatic rings. The van der Waals surface area contributed by atoms with Gasteiger partial charge in [0.1, 0.15) is 3.70 Å². The average molecular weight is 359 g/mol. The molecule has 0 spiro atoms. The van der Waals surface area contributed by atoms with Crippen LogP contribution in [0.25, 0.3) is 0 Å². The Kier molecular flexibility index (Phi) is 3.76. The van der Waals surface area contributed by atoms with Crippen LogP contribution in [0.4, 0.5) is 8.78 Å². The number of primary sulfonamides is 1. The largest absolute Gasteiger partial charge is 0.267 e. The van der Waals surface area contributed by atoms with E-state index in [0.29, 0.717) is 0 Å². The molecule has 0 unspecified atom stereocenters. The van der Waals surface area contributed by atoms with Crippen LogP contribution in [-0.2, 0) is 10.0 Å². The zero-order chi connectivity index (χ0) is 12.5. The predicted octanol–water partition coefficient (Wildman–Crippen LogP) is 1.14. The highest BCUT2D eigenvalue weighted by Gasteiger charge is 2.26. The molecule has 16 heavy (non-hydrogen) atoms. The van der Waals surface area contributed by atoms with E-state index in [-0.39, 0.29) is 3.70 Å². The molecule has 1 aromatic heterocycles. The van der Waals surface area contributed by atoms with Gasteiger partial charge in [-0.3, -0.25) is 0 Å². The predicted molar refractivity (Wildman–Crippen MR) is 58.0 cm³/mol. The van der Waals surface area contributed by atoms with E-state index in [0.717, 1.165) is 6.07 Å². The number of sulfonamides is 1. The molecule has 86 valence electrons. The van der Waals surface area contributed by atoms with Crippen LogP contribution in [0.2, 0.25) is 0 Å². The number of rotatable bonds is 2. The molecule has 0 saturated heterocycles. The van der Waals surface area contributed by atoms with Crippen LogP contribution in [0, 0.1) is 15.0 Å². The zero-order valence-electron chi connectivity index (χ0n) is 7.49. The van der Waals surface area contributed by atoms with Crippen molar-refractivity contribution in [2.75, 3.05) is 0 Å². The van der Waals surface area contributed by atoms with Crippen LogP contribution in [0.1, 0.15) is 17.6 Å². The third-order valence-corrected chi connectivity index (χ3v) is 3.00. The fraction of sp³-hybridized carbons (Fsp3) is 0.143. The first kappa shape index (κ1) is 13.2. The van der Waals surface area contributed by atoms with E-state index in [4.69, 9.17) is 10.4 Å². The van der Waals surface area contributed by atoms with Crippen molar-refractivity contribution in [3.05, 3.63) is 20.9 Å². The van der Waals surface area contributed by atoms with E-state index in [1.165, 1.54) is 6.07 Å². The molecule has 9 heteroatoms. The smallest absolute Gasteiger partial charge is 0.228 e. The summed E-state index contributed by atoms with van der Waals surface area (Å²) in [5.74, 6) is 0. The third-order valence-electron chi connectivity index (χ3n) is 1.60. The zero-order valence-corrected chi connectivity index (χ0v) is 10.5. The molecule has 1 rings (SSSR count). The van der Waals surface area contributed by atoms with Crippen LogP contribution < -0.4 is 5.14 Å². The Hall–Kier alpha value is -0.860. The number of nitrogens with two attached hydrogens (primary N) is 1. The number of alkyl halides is 2. The molecule has 0 aliphatic heterocycles. The summed E-state index contributed by atoms with van der Waals surface area (Å²) < 4.78 is 47.4. The van der Waals surface area contributed by atoms with Gasteiger partial charge >= 0.3 is 0 Å². The number of pyridine rings is 1. The van der Waals surface area contributed by atoms with Gasteiger partial charge in [0.2, 0.25) is 0 Å². The summed E-state index contributed by atoms with van der Waals surface area (Å²) in [4.78, 5) is 3.42. The molecule has 0 atom stereocenters. The topological polar surface area (TPSA) is 96.8 Å². The number of halogens is 3. The molecule has 2 N–H and O–H groups in total. The van der Waals surface area contributed by atoms with Gasteiger partial charge in [0.15, 0.2) is 5.03 Å². The van der Waals surface area contributed by atoms with Crippen LogP contribution in [0.5, 0.6) is 0 Å². The minimum atomic E-state index is -4.38. The van der Waals surface area contributed by atoms with Gasteiger partial charge < -0.3 is 0 Å². The number of nitrogens with zero attached hydrogens (tertiary/aromatic N) is 2. The van der Waals surface area contributed by atoms with Crippen LogP contribution in [0.3, 0.4) is 0 Å². The second kappa shape index (κ2) is 4.56. The van der Waals surface area contributed by atoms with Crippen molar-refractivity contribution < 1.29 is 17.2 Å². The van der Waals surface area contributed by atoms with Gasteiger partial charge in [-0.05, 0) is 28.7 Å². The monoisotopic (exact) mass is 359 g/mol. The Morgan fingerprint density at radius 1 is 1.56 bits per heavy atom. The average Bonchev–Trinajstić information content (AvgIpc) is 2.14. The highest BCUT2D eigenvalue weighted by Crippen LogP contribution is 2.28. The Bertz CT molecular complexity index is 568. The lowest BCUT2D eigenvalue weighted by Gasteiger charge is -2.08. The molecule has 5 nitrogen and oxygen atoms in total. The van der Waals surface area contributed by atoms with Crippen molar-refractivity contribution >= 4 is 32.6 Å². The summed E-state index contributed by atoms with van der Waals surface area (Å²) in [6, 6.07) is 2.55. The molecular weight excluding hydrogens is 355 g/mol. The molecule has 0 aromatic carbocycles. The quantitative estimate of drug-likeness (QED) is 0.633. The van der Waals surface area contributed by atoms with Gasteiger partial charge in [-0.1, -0.05) is 0 Å². The molecule has 0 saturated carbocycles. The van der Waals surface area contributed by atoms with Crippen LogP contribution >= 0.6 is 22.6 Å². The molecule has 1 aromatic rings. The Balaban J connectivity index is 3.73. The highest BCUT2D eigenvalue weighted by molar-refractivity contribution is 14.1. The van der Waals surface area contributed by atoms with Gasteiger partial charge in [-0.2, -0.15) is 5.26 Å². The Morgan fingerprint density at radius 3 is 2.50 bits per heavy atom. The van der Waals surface area contributed by atoms with Crippen LogP contribution in [-0.4, -0.2) is 13.4 Å². The van der Waals surface area contributed by atoms with Crippen molar-refractivity contribution in [2.45, 2.75) is 11.5 Å². The Labute approximate surface area is 103 Å². The van der Waals surface area contributed by atoms with Gasteiger partial charge in [-0.15, -0.1) is 0 Å². The molecule has 0 radical (unpaired) electrons. The molecule has 0 bridgehead atoms. The minimum Gasteiger partial charge on any atom is -0.228 e. The second-order valence-electron chi connectivity index (χ2n) is 2.67. The minimum absolute atomic E-state index is 0.0996. The van der Waals surface area contributed by atoms with E-state index in [2.05, 4.69) is 4.98 Å². The van der Waals surface area contributed by atoms with Crippen LogP contribution in [0.15, 0.2) is 11.1 Å². The fourth-order valence-electron chi connectivity index (χ4n) is 1.02. The van der Waals surface area contributed by atoms with Crippen molar-refractivity contribution in [3.63, 3.8) is 0 Å². The highest BCUT2D eigenvalue weighted by atomic mass is 127. The van der Waals surface area contributed by atoms with Crippen molar-refractivity contribution in [1.29, 1.82) is 5.26 Å². The molecule has 0 aliphatic carbocycles. The molecule has 0 amide bonds. The normalized spacial score (nSPS) is 11.5. The molecule has 0 fully saturated rings. The first-order valence-corrected chi connectivity index (χ1v) is 6.31. The summed E-state index contributed by atoms with van der Waals surface area (Å²) in [5.41, 5.74) is -1.40. The summed E-state index contributed by atoms with van der Waals surface area (Å²) in [7, 11) is -4.38. The van der Waals surface area contributed by atoms with Crippen molar-refractivity contribution in [3.8, 4) is 6.07 Å². The lowest BCUT2D eigenvalue weighted by molar-refractivity contribution is 0.146. The van der Waals surface area contributed by atoms with E-state index >= 15 is 0 Å². The van der Waals surface area contributed by atoms with E-state index in [1.54, 1.807) is 22.6 Å². The van der Waals surface area contributed by atoms with Gasteiger partial charge in [-0.25, -0.2) is 27.3 Å². The molecule has 1 heterocycles. The summed E-state index contributed by atoms with van der Waals surface area (Å²) in [5, 5.41) is 12.4. The van der Waals surface area contributed by atoms with Gasteiger partial charge in [0, 0.05) is 0 Å². The lowest BCUT2D eigenvalue weighted by Crippen LogP contribution is -2.18. The van der Waals surface area contributed by atoms with Crippen molar-refractivity contribution in [1.82, 2.24) is 4.98 Å². The maximum absolute atomic E-state index is 12.6. The molecular formula is C7H4F2IN3O2S. The SMILES string of the molecule is N#Cc1cc(I)nc(S(N)(=O)=O)c1C(F)F. The third kappa shape index (κ3) is 2.63. The number of hydrogen-bond acceptors (Lipinski definition) is 4. The maximum atomic E-state index is 12.6. The summed E-state index contributed by atoms with van der Waals surface area (Å²) in [6.45, 7) is 0. The standard InChI is InChI=1S/C7H4F2IN3O2S/c8-6(9)5-3(2-11)1-4(10)13-7(5)16(12,14)15/h1,6H,(H2,12,14,15). The lowest BCUT2D eigenvalue weighted by atomic mass is 10.2. The number of nitriles is 1. The van der Waals surface area contributed by atoms with E-state index in [9.17, 15) is 17.2 Å². The first-order chi connectivity index (χ1) is 7.27. The van der Waals surface area contributed by atoms with Crippen molar-refractivity contribution in [2.24, 2.45) is 5.14 Å². The summed E-state index contributed by atoms with van der Waals surface area (Å²) in [6.07, 6.45) is -3.13. The fourth-order valence-corrected chi connectivity index (χ4v) is 2.47. The number of aromatic nitrogens is 1. The van der Waals surface area contributed by atoms with Gasteiger partial charge in [0.25, 0.3) is 16.4 Å². The number of hydrogen-bond donors (Lipinski definition) is 1. The summed E-state index contributed by atoms with van der Waals surface area (Å²) >= 11 is 1.61. The van der Waals surface area contributed by atoms with Gasteiger partial charge in [0.05, 0.1) is 17.2 Å². The second-order valence-corrected chi connectivity index (χ2v) is 5.25. The first-order valence-electron chi connectivity index (χ1n) is 3.69. The van der Waals surface area contributed by atoms with E-state index in [1.807, 2.05) is 0 Å². The van der Waals surface area contributed by atoms with E-state index < -0.39 is 32.6 Å². The maximum Gasteiger partial charge on any atom is 0.267 e.